The van der Waals surface area contributed by atoms with Gasteiger partial charge in [-0.3, -0.25) is 0 Å². The summed E-state index contributed by atoms with van der Waals surface area (Å²) in [5, 5.41) is -0.0949. The first-order valence-electron chi connectivity index (χ1n) is 3.46. The van der Waals surface area contributed by atoms with Crippen molar-refractivity contribution in [3.63, 3.8) is 0 Å². The molecule has 1 aromatic heterocycles. The number of nitrogen functional groups attached to an aromatic ring is 1. The zero-order valence-corrected chi connectivity index (χ0v) is 7.87. The van der Waals surface area contributed by atoms with Crippen LogP contribution in [0.4, 0.5) is 5.95 Å². The first-order valence-corrected chi connectivity index (χ1v) is 5.36. The number of sulfone groups is 1. The molecule has 0 saturated carbocycles. The van der Waals surface area contributed by atoms with Crippen LogP contribution in [0.25, 0.3) is 0 Å². The maximum Gasteiger partial charge on any atom is 0.221 e. The van der Waals surface area contributed by atoms with Crippen LogP contribution in [-0.4, -0.2) is 24.6 Å². The summed E-state index contributed by atoms with van der Waals surface area (Å²) in [6.07, 6.45) is 2.37. The SMILES string of the molecule is CS(=O)(=O)c1nc(N)ncc1CN. The van der Waals surface area contributed by atoms with Gasteiger partial charge in [0.05, 0.1) is 0 Å². The van der Waals surface area contributed by atoms with Gasteiger partial charge in [-0.1, -0.05) is 0 Å². The van der Waals surface area contributed by atoms with Crippen molar-refractivity contribution in [3.05, 3.63) is 11.8 Å². The highest BCUT2D eigenvalue weighted by Crippen LogP contribution is 2.11. The summed E-state index contributed by atoms with van der Waals surface area (Å²) in [6.45, 7) is 0.0721. The summed E-state index contributed by atoms with van der Waals surface area (Å²) in [7, 11) is -3.38. The number of aromatic nitrogens is 2. The third kappa shape index (κ3) is 2.13. The van der Waals surface area contributed by atoms with Crippen LogP contribution in [0.15, 0.2) is 11.2 Å². The second-order valence-electron chi connectivity index (χ2n) is 2.53. The fraction of sp³-hybridized carbons (Fsp3) is 0.333. The van der Waals surface area contributed by atoms with E-state index in [9.17, 15) is 8.42 Å². The molecule has 0 aromatic carbocycles. The van der Waals surface area contributed by atoms with Gasteiger partial charge < -0.3 is 11.5 Å². The first kappa shape index (κ1) is 9.87. The third-order valence-corrected chi connectivity index (χ3v) is 2.47. The molecule has 0 aliphatic carbocycles. The van der Waals surface area contributed by atoms with Gasteiger partial charge in [-0.25, -0.2) is 18.4 Å². The minimum absolute atomic E-state index is 0.0716. The number of nitrogens with two attached hydrogens (primary N) is 2. The van der Waals surface area contributed by atoms with Crippen molar-refractivity contribution < 1.29 is 8.42 Å². The Hall–Kier alpha value is -1.21. The van der Waals surface area contributed by atoms with Gasteiger partial charge in [0.2, 0.25) is 5.95 Å². The summed E-state index contributed by atoms with van der Waals surface area (Å²) >= 11 is 0. The lowest BCUT2D eigenvalue weighted by molar-refractivity contribution is 0.596. The first-order chi connectivity index (χ1) is 5.95. The van der Waals surface area contributed by atoms with Crippen LogP contribution < -0.4 is 11.5 Å². The summed E-state index contributed by atoms with van der Waals surface area (Å²) in [5.74, 6) is -0.0716. The van der Waals surface area contributed by atoms with Gasteiger partial charge in [0.1, 0.15) is 0 Å². The molecule has 0 radical (unpaired) electrons. The normalized spacial score (nSPS) is 11.5. The molecule has 0 aliphatic heterocycles. The zero-order chi connectivity index (χ0) is 10.1. The predicted octanol–water partition coefficient (Wildman–Crippen LogP) is -1.08. The highest BCUT2D eigenvalue weighted by molar-refractivity contribution is 7.90. The predicted molar refractivity (Wildman–Crippen MR) is 47.4 cm³/mol. The average molecular weight is 202 g/mol. The Balaban J connectivity index is 3.41. The van der Waals surface area contributed by atoms with Gasteiger partial charge in [0.25, 0.3) is 0 Å². The molecule has 0 amide bonds. The molecule has 0 bridgehead atoms. The molecule has 6 nitrogen and oxygen atoms in total. The Morgan fingerprint density at radius 1 is 1.54 bits per heavy atom. The van der Waals surface area contributed by atoms with E-state index in [2.05, 4.69) is 9.97 Å². The molecule has 72 valence electrons. The van der Waals surface area contributed by atoms with Crippen molar-refractivity contribution in [1.29, 1.82) is 0 Å². The van der Waals surface area contributed by atoms with Crippen molar-refractivity contribution in [1.82, 2.24) is 9.97 Å². The van der Waals surface area contributed by atoms with Gasteiger partial charge in [-0.15, -0.1) is 0 Å². The topological polar surface area (TPSA) is 112 Å². The highest BCUT2D eigenvalue weighted by Gasteiger charge is 2.14. The second-order valence-corrected chi connectivity index (χ2v) is 4.47. The molecular formula is C6H10N4O2S. The van der Waals surface area contributed by atoms with Gasteiger partial charge >= 0.3 is 0 Å². The number of hydrogen-bond acceptors (Lipinski definition) is 6. The quantitative estimate of drug-likeness (QED) is 0.590. The van der Waals surface area contributed by atoms with Gasteiger partial charge in [0, 0.05) is 24.6 Å². The molecule has 1 heterocycles. The molecule has 1 aromatic rings. The van der Waals surface area contributed by atoms with E-state index in [0.717, 1.165) is 6.26 Å². The Labute approximate surface area is 75.9 Å². The fourth-order valence-electron chi connectivity index (χ4n) is 0.865. The molecule has 0 unspecified atom stereocenters. The molecule has 1 rings (SSSR count). The minimum atomic E-state index is -3.38. The lowest BCUT2D eigenvalue weighted by Crippen LogP contribution is -2.11. The zero-order valence-electron chi connectivity index (χ0n) is 7.06. The lowest BCUT2D eigenvalue weighted by Gasteiger charge is -2.03. The molecule has 0 aliphatic rings. The largest absolute Gasteiger partial charge is 0.368 e. The minimum Gasteiger partial charge on any atom is -0.368 e. The van der Waals surface area contributed by atoms with Crippen LogP contribution in [0.3, 0.4) is 0 Å². The van der Waals surface area contributed by atoms with E-state index in [0.29, 0.717) is 5.56 Å². The van der Waals surface area contributed by atoms with Gasteiger partial charge in [-0.05, 0) is 0 Å². The van der Waals surface area contributed by atoms with Crippen molar-refractivity contribution in [2.24, 2.45) is 5.73 Å². The number of nitrogens with zero attached hydrogens (tertiary/aromatic N) is 2. The van der Waals surface area contributed by atoms with E-state index >= 15 is 0 Å². The van der Waals surface area contributed by atoms with Crippen molar-refractivity contribution in [3.8, 4) is 0 Å². The summed E-state index contributed by atoms with van der Waals surface area (Å²) in [5.41, 5.74) is 10.9. The van der Waals surface area contributed by atoms with Gasteiger partial charge in [-0.2, -0.15) is 0 Å². The molecule has 0 saturated heterocycles. The fourth-order valence-corrected chi connectivity index (χ4v) is 1.74. The van der Waals surface area contributed by atoms with Crippen molar-refractivity contribution in [2.75, 3.05) is 12.0 Å². The van der Waals surface area contributed by atoms with E-state index in [1.54, 1.807) is 0 Å². The molecule has 0 atom stereocenters. The molecule has 0 spiro atoms. The molecule has 4 N–H and O–H groups in total. The van der Waals surface area contributed by atoms with Crippen LogP contribution in [0, 0.1) is 0 Å². The maximum atomic E-state index is 11.2. The summed E-state index contributed by atoms with van der Waals surface area (Å²) in [6, 6.07) is 0. The van der Waals surface area contributed by atoms with Crippen molar-refractivity contribution in [2.45, 2.75) is 11.6 Å². The lowest BCUT2D eigenvalue weighted by atomic mass is 10.3. The summed E-state index contributed by atoms with van der Waals surface area (Å²) in [4.78, 5) is 7.26. The Bertz CT molecular complexity index is 415. The molecular weight excluding hydrogens is 192 g/mol. The van der Waals surface area contributed by atoms with Crippen LogP contribution in [-0.2, 0) is 16.4 Å². The standard InChI is InChI=1S/C6H10N4O2S/c1-13(11,12)5-4(2-7)3-9-6(8)10-5/h3H,2,7H2,1H3,(H2,8,9,10). The number of rotatable bonds is 2. The Kier molecular flexibility index (Phi) is 2.48. The van der Waals surface area contributed by atoms with Crippen molar-refractivity contribution >= 4 is 15.8 Å². The van der Waals surface area contributed by atoms with E-state index in [-0.39, 0.29) is 17.5 Å². The van der Waals surface area contributed by atoms with E-state index in [4.69, 9.17) is 11.5 Å². The smallest absolute Gasteiger partial charge is 0.221 e. The van der Waals surface area contributed by atoms with E-state index < -0.39 is 9.84 Å². The number of hydrogen-bond donors (Lipinski definition) is 2. The van der Waals surface area contributed by atoms with Crippen LogP contribution in [0.2, 0.25) is 0 Å². The molecule has 0 fully saturated rings. The second kappa shape index (κ2) is 3.27. The Morgan fingerprint density at radius 2 is 2.15 bits per heavy atom. The average Bonchev–Trinajstić information content (AvgIpc) is 2.03. The third-order valence-electron chi connectivity index (χ3n) is 1.41. The van der Waals surface area contributed by atoms with E-state index in [1.807, 2.05) is 0 Å². The van der Waals surface area contributed by atoms with Crippen LogP contribution in [0.5, 0.6) is 0 Å². The van der Waals surface area contributed by atoms with Crippen LogP contribution >= 0.6 is 0 Å². The molecule has 13 heavy (non-hydrogen) atoms. The number of anilines is 1. The highest BCUT2D eigenvalue weighted by atomic mass is 32.2. The Morgan fingerprint density at radius 3 is 2.62 bits per heavy atom. The maximum absolute atomic E-state index is 11.2. The van der Waals surface area contributed by atoms with Crippen LogP contribution in [0.1, 0.15) is 5.56 Å². The van der Waals surface area contributed by atoms with Gasteiger partial charge in [0.15, 0.2) is 14.9 Å². The van der Waals surface area contributed by atoms with E-state index in [1.165, 1.54) is 6.20 Å². The monoisotopic (exact) mass is 202 g/mol. The summed E-state index contributed by atoms with van der Waals surface area (Å²) < 4.78 is 22.3. The molecule has 7 heteroatoms.